The number of rotatable bonds is 0. The van der Waals surface area contributed by atoms with Gasteiger partial charge in [-0.2, -0.15) is 0 Å². The molecule has 79 heavy (non-hydrogen) atoms. The first-order chi connectivity index (χ1) is 37.8. The lowest BCUT2D eigenvalue weighted by Gasteiger charge is -2.38. The highest BCUT2D eigenvalue weighted by Gasteiger charge is 2.29. The highest BCUT2D eigenvalue weighted by atomic mass is 16.3. The molecule has 2 heterocycles. The third-order valence-corrected chi connectivity index (χ3v) is 14.3. The van der Waals surface area contributed by atoms with Gasteiger partial charge in [0.25, 0.3) is 47.3 Å². The normalized spacial score (nSPS) is 22.5. The zero-order chi connectivity index (χ0) is 57.3. The van der Waals surface area contributed by atoms with Gasteiger partial charge in [0.1, 0.15) is 17.2 Å². The van der Waals surface area contributed by atoms with E-state index >= 15 is 0 Å². The van der Waals surface area contributed by atoms with Gasteiger partial charge in [0.15, 0.2) is 0 Å². The summed E-state index contributed by atoms with van der Waals surface area (Å²) in [5, 5.41) is 56.5. The van der Waals surface area contributed by atoms with Crippen LogP contribution in [0.2, 0.25) is 0 Å². The summed E-state index contributed by atoms with van der Waals surface area (Å²) in [5.74, 6) is -6.11. The molecule has 23 heteroatoms. The molecule has 2 aliphatic heterocycles. The summed E-state index contributed by atoms with van der Waals surface area (Å²) in [5.41, 5.74) is 0.361. The fraction of sp³-hybridized carbons (Fsp3) is 0.429. The number of phenolic OH excluding ortho intramolecular Hbond substituents is 3. The Kier molecular flexibility index (Phi) is 21.7. The van der Waals surface area contributed by atoms with Crippen molar-refractivity contribution >= 4 is 47.3 Å². The molecule has 2 aliphatic rings. The molecule has 8 amide bonds. The van der Waals surface area contributed by atoms with E-state index in [1.807, 2.05) is 47.4 Å². The van der Waals surface area contributed by atoms with E-state index in [0.717, 1.165) is 0 Å². The minimum absolute atomic E-state index is 0.0292. The topological polar surface area (TPSA) is 306 Å². The SMILES string of the molecule is Cc1c2cccc1C(=O)NC(C)C(C)N1CCNC(=O)c3cccc(c3O)C(=O)NCCN(C)CCNC(=O)c3cccc(c3O)C(=O)NCCN(CCNC(=O)c3cccc(c3O)C(=O)NCCN(C)CCNC2=O)C(C)C1. The average Bonchev–Trinajstić information content (AvgIpc) is 3.42. The van der Waals surface area contributed by atoms with Crippen LogP contribution in [0.15, 0.2) is 72.8 Å². The maximum Gasteiger partial charge on any atom is 0.255 e. The van der Waals surface area contributed by atoms with Gasteiger partial charge in [-0.15, -0.1) is 0 Å². The minimum atomic E-state index is -0.653. The second-order valence-corrected chi connectivity index (χ2v) is 19.9. The highest BCUT2D eigenvalue weighted by molar-refractivity contribution is 6.06. The smallest absolute Gasteiger partial charge is 0.255 e. The summed E-state index contributed by atoms with van der Waals surface area (Å²) in [4.78, 5) is 116. The van der Waals surface area contributed by atoms with Crippen molar-refractivity contribution in [3.05, 3.63) is 123 Å². The fourth-order valence-electron chi connectivity index (χ4n) is 9.32. The Bertz CT molecular complexity index is 2810. The van der Waals surface area contributed by atoms with E-state index in [9.17, 15) is 53.7 Å². The van der Waals surface area contributed by atoms with Crippen molar-refractivity contribution in [3.63, 3.8) is 0 Å². The minimum Gasteiger partial charge on any atom is -0.506 e. The van der Waals surface area contributed by atoms with Crippen LogP contribution in [0.25, 0.3) is 0 Å². The van der Waals surface area contributed by atoms with Crippen LogP contribution in [-0.4, -0.2) is 213 Å². The Morgan fingerprint density at radius 1 is 0.380 bits per heavy atom. The molecule has 0 fully saturated rings. The predicted molar refractivity (Wildman–Crippen MR) is 296 cm³/mol. The van der Waals surface area contributed by atoms with Gasteiger partial charge in [-0.1, -0.05) is 24.3 Å². The van der Waals surface area contributed by atoms with E-state index in [0.29, 0.717) is 42.9 Å². The Morgan fingerprint density at radius 2 is 0.633 bits per heavy atom. The zero-order valence-electron chi connectivity index (χ0n) is 45.7. The molecular formula is C56H74N12O11. The summed E-state index contributed by atoms with van der Waals surface area (Å²) in [6.07, 6.45) is 0. The highest BCUT2D eigenvalue weighted by Crippen LogP contribution is 2.25. The summed E-state index contributed by atoms with van der Waals surface area (Å²) >= 11 is 0. The summed E-state index contributed by atoms with van der Waals surface area (Å²) in [6, 6.07) is 16.4. The number of hydrogen-bond donors (Lipinski definition) is 11. The van der Waals surface area contributed by atoms with Crippen molar-refractivity contribution in [2.45, 2.75) is 45.8 Å². The maximum absolute atomic E-state index is 14.1. The van der Waals surface area contributed by atoms with Gasteiger partial charge < -0.3 is 67.7 Å². The van der Waals surface area contributed by atoms with Crippen LogP contribution < -0.4 is 42.5 Å². The van der Waals surface area contributed by atoms with Crippen molar-refractivity contribution in [1.82, 2.24) is 62.1 Å². The number of nitrogens with zero attached hydrogens (tertiary/aromatic N) is 4. The number of para-hydroxylation sites is 3. The van der Waals surface area contributed by atoms with Gasteiger partial charge >= 0.3 is 0 Å². The number of nitrogens with one attached hydrogen (secondary N) is 8. The average molecular weight is 1090 g/mol. The molecule has 0 saturated carbocycles. The first kappa shape index (κ1) is 60.1. The molecule has 5 unspecified atom stereocenters. The molecule has 6 rings (SSSR count). The van der Waals surface area contributed by atoms with Crippen molar-refractivity contribution in [2.24, 2.45) is 0 Å². The van der Waals surface area contributed by atoms with E-state index in [1.54, 1.807) is 32.2 Å². The molecule has 0 radical (unpaired) electrons. The summed E-state index contributed by atoms with van der Waals surface area (Å²) in [7, 11) is 3.59. The molecule has 4 aromatic carbocycles. The molecule has 5 atom stereocenters. The van der Waals surface area contributed by atoms with E-state index in [4.69, 9.17) is 0 Å². The van der Waals surface area contributed by atoms with Crippen molar-refractivity contribution in [1.29, 1.82) is 0 Å². The second kappa shape index (κ2) is 28.5. The quantitative estimate of drug-likeness (QED) is 0.116. The van der Waals surface area contributed by atoms with E-state index in [2.05, 4.69) is 42.5 Å². The third-order valence-electron chi connectivity index (χ3n) is 14.3. The standard InChI is InChI=1S/C56H74N12O11/c1-34-33-68-32-25-63-55(78)45-18-10-15-42(48(45)71)52(75)60-22-29-66(6)28-21-59-51(74)41-14-9-17-44(47(41)70)54(77)62-24-31-67(34)30-23-61-53(76)43-16-8-13-40(46(43)69)50(73)58-20-27-65(5)26-19-57-49(72)38-11-7-12-39(35(38)2)56(79)64-36(3)37(68)4/h7-18,34,36-37,69-71H,19-33H2,1-6H3,(H,57,72)(H,58,73)(H,59,74)(H,60,75)(H,61,76)(H,62,77)(H,63,78)(H,64,79). The first-order valence-electron chi connectivity index (χ1n) is 26.5. The van der Waals surface area contributed by atoms with Gasteiger partial charge in [-0.25, -0.2) is 0 Å². The van der Waals surface area contributed by atoms with Gasteiger partial charge in [-0.3, -0.25) is 48.2 Å². The molecule has 0 spiro atoms. The first-order valence-corrected chi connectivity index (χ1v) is 26.5. The number of fused-ring (bicyclic) bond motifs is 11. The molecular weight excluding hydrogens is 1020 g/mol. The Morgan fingerprint density at radius 3 is 0.949 bits per heavy atom. The predicted octanol–water partition coefficient (Wildman–Crippen LogP) is 0.711. The van der Waals surface area contributed by atoms with Gasteiger partial charge in [0.05, 0.1) is 33.4 Å². The molecule has 0 aromatic heterocycles. The molecule has 0 aliphatic carbocycles. The van der Waals surface area contributed by atoms with E-state index in [1.165, 1.54) is 54.6 Å². The summed E-state index contributed by atoms with van der Waals surface area (Å²) in [6.45, 7) is 10.6. The summed E-state index contributed by atoms with van der Waals surface area (Å²) < 4.78 is 0. The lowest BCUT2D eigenvalue weighted by atomic mass is 10.00. The van der Waals surface area contributed by atoms with Crippen molar-refractivity contribution in [2.75, 3.05) is 112 Å². The van der Waals surface area contributed by atoms with Crippen LogP contribution in [0.3, 0.4) is 0 Å². The number of hydrogen-bond acceptors (Lipinski definition) is 15. The molecule has 0 saturated heterocycles. The monoisotopic (exact) mass is 1090 g/mol. The van der Waals surface area contributed by atoms with Crippen LogP contribution in [0, 0.1) is 6.92 Å². The van der Waals surface area contributed by atoms with Crippen molar-refractivity contribution < 1.29 is 53.7 Å². The number of likely N-dealkylation sites (N-methyl/N-ethyl adjacent to an activating group) is 2. The van der Waals surface area contributed by atoms with Gasteiger partial charge in [0.2, 0.25) is 0 Å². The maximum atomic E-state index is 14.1. The van der Waals surface area contributed by atoms with Crippen LogP contribution in [0.1, 0.15) is 109 Å². The Balaban J connectivity index is 1.34. The Labute approximate surface area is 459 Å². The number of benzene rings is 4. The lowest BCUT2D eigenvalue weighted by Crippen LogP contribution is -2.55. The molecule has 424 valence electrons. The third kappa shape index (κ3) is 16.0. The Hall–Kier alpha value is -8.12. The van der Waals surface area contributed by atoms with Crippen LogP contribution >= 0.6 is 0 Å². The van der Waals surface area contributed by atoms with Crippen LogP contribution in [0.5, 0.6) is 17.2 Å². The molecule has 4 aromatic rings. The van der Waals surface area contributed by atoms with Gasteiger partial charge in [-0.05, 0) is 95.9 Å². The molecule has 11 N–H and O–H groups in total. The van der Waals surface area contributed by atoms with E-state index < -0.39 is 76.7 Å². The molecule has 10 bridgehead atoms. The lowest BCUT2D eigenvalue weighted by molar-refractivity contribution is 0.0824. The second-order valence-electron chi connectivity index (χ2n) is 19.9. The largest absolute Gasteiger partial charge is 0.506 e. The van der Waals surface area contributed by atoms with Crippen molar-refractivity contribution in [3.8, 4) is 17.2 Å². The number of amides is 8. The number of carbonyl (C=O) groups excluding carboxylic acids is 8. The van der Waals surface area contributed by atoms with Crippen LogP contribution in [0.4, 0.5) is 0 Å². The van der Waals surface area contributed by atoms with Crippen LogP contribution in [-0.2, 0) is 0 Å². The van der Waals surface area contributed by atoms with Gasteiger partial charge in [0, 0.05) is 127 Å². The number of carbonyl (C=O) groups is 8. The van der Waals surface area contributed by atoms with E-state index in [-0.39, 0.29) is 111 Å². The zero-order valence-corrected chi connectivity index (χ0v) is 45.7. The number of phenols is 3. The number of aromatic hydroxyl groups is 3. The molecule has 23 nitrogen and oxygen atoms in total. The fourth-order valence-corrected chi connectivity index (χ4v) is 9.32.